The van der Waals surface area contributed by atoms with Crippen LogP contribution < -0.4 is 5.32 Å². The Morgan fingerprint density at radius 3 is 2.33 bits per heavy atom. The summed E-state index contributed by atoms with van der Waals surface area (Å²) in [4.78, 5) is 22.4. The van der Waals surface area contributed by atoms with Crippen LogP contribution in [0.25, 0.3) is 0 Å². The number of ether oxygens (including phenoxy) is 1. The number of aliphatic carboxylic acids is 1. The van der Waals surface area contributed by atoms with Crippen LogP contribution in [0.15, 0.2) is 10.6 Å². The van der Waals surface area contributed by atoms with Crippen molar-refractivity contribution in [2.75, 3.05) is 0 Å². The highest BCUT2D eigenvalue weighted by Gasteiger charge is 2.46. The second kappa shape index (κ2) is 4.84. The van der Waals surface area contributed by atoms with E-state index >= 15 is 0 Å². The zero-order valence-electron chi connectivity index (χ0n) is 11.3. The fraction of sp³-hybridized carbons (Fsp3) is 0.667. The van der Waals surface area contributed by atoms with Gasteiger partial charge in [-0.05, 0) is 34.1 Å². The highest BCUT2D eigenvalue weighted by molar-refractivity contribution is 8.06. The van der Waals surface area contributed by atoms with Crippen LogP contribution in [-0.2, 0) is 14.3 Å². The number of hydrogen-bond donors (Lipinski definition) is 2. The van der Waals surface area contributed by atoms with Crippen LogP contribution in [0.1, 0.15) is 41.0 Å². The van der Waals surface area contributed by atoms with Crippen LogP contribution in [0.2, 0.25) is 0 Å². The van der Waals surface area contributed by atoms with Crippen molar-refractivity contribution >= 4 is 23.7 Å². The molecule has 0 amide bonds. The minimum atomic E-state index is -1.16. The Bertz CT molecular complexity index is 411. The average Bonchev–Trinajstić information content (AvgIpc) is 2.54. The lowest BCUT2D eigenvalue weighted by molar-refractivity contribution is -0.149. The lowest BCUT2D eigenvalue weighted by Gasteiger charge is -2.23. The van der Waals surface area contributed by atoms with Crippen molar-refractivity contribution in [1.82, 2.24) is 5.32 Å². The third kappa shape index (κ3) is 2.98. The molecule has 0 spiro atoms. The van der Waals surface area contributed by atoms with Crippen molar-refractivity contribution in [3.63, 3.8) is 0 Å². The summed E-state index contributed by atoms with van der Waals surface area (Å²) < 4.78 is 5.26. The minimum Gasteiger partial charge on any atom is -0.479 e. The van der Waals surface area contributed by atoms with E-state index in [0.29, 0.717) is 17.0 Å². The molecule has 0 bridgehead atoms. The monoisotopic (exact) mass is 273 g/mol. The molecular formula is C12H19NO4S. The Hall–Kier alpha value is -1.17. The zero-order chi connectivity index (χ0) is 14.1. The molecule has 0 aliphatic carbocycles. The molecule has 5 nitrogen and oxygen atoms in total. The van der Waals surface area contributed by atoms with E-state index in [-0.39, 0.29) is 0 Å². The quantitative estimate of drug-likeness (QED) is 0.767. The van der Waals surface area contributed by atoms with Gasteiger partial charge in [0.1, 0.15) is 10.5 Å². The number of esters is 1. The van der Waals surface area contributed by atoms with Crippen molar-refractivity contribution in [2.24, 2.45) is 0 Å². The van der Waals surface area contributed by atoms with Gasteiger partial charge in [-0.25, -0.2) is 9.59 Å². The first-order chi connectivity index (χ1) is 8.11. The van der Waals surface area contributed by atoms with E-state index in [1.807, 2.05) is 0 Å². The van der Waals surface area contributed by atoms with Crippen molar-refractivity contribution in [1.29, 1.82) is 0 Å². The average molecular weight is 273 g/mol. The van der Waals surface area contributed by atoms with E-state index in [0.717, 1.165) is 11.8 Å². The van der Waals surface area contributed by atoms with Crippen LogP contribution >= 0.6 is 11.8 Å². The molecule has 102 valence electrons. The number of carboxylic acid groups (broad SMARTS) is 1. The van der Waals surface area contributed by atoms with Crippen LogP contribution in [0.4, 0.5) is 0 Å². The molecule has 1 atom stereocenters. The molecule has 1 aliphatic rings. The van der Waals surface area contributed by atoms with Gasteiger partial charge in [-0.2, -0.15) is 0 Å². The molecule has 0 saturated heterocycles. The summed E-state index contributed by atoms with van der Waals surface area (Å²) in [5, 5.41) is 12.1. The maximum Gasteiger partial charge on any atom is 0.347 e. The van der Waals surface area contributed by atoms with E-state index < -0.39 is 22.4 Å². The third-order valence-corrected chi connectivity index (χ3v) is 4.02. The first kappa shape index (κ1) is 14.9. The predicted octanol–water partition coefficient (Wildman–Crippen LogP) is 2.09. The van der Waals surface area contributed by atoms with Crippen LogP contribution in [0, 0.1) is 0 Å². The molecule has 0 aromatic heterocycles. The Morgan fingerprint density at radius 2 is 2.00 bits per heavy atom. The van der Waals surface area contributed by atoms with Gasteiger partial charge < -0.3 is 15.2 Å². The molecule has 1 aliphatic heterocycles. The summed E-state index contributed by atoms with van der Waals surface area (Å²) in [7, 11) is 0. The Kier molecular flexibility index (Phi) is 4.00. The largest absolute Gasteiger partial charge is 0.479 e. The number of nitrogens with one attached hydrogen (secondary N) is 1. The normalized spacial score (nSPS) is 23.8. The molecule has 1 rings (SSSR count). The highest BCUT2D eigenvalue weighted by atomic mass is 32.2. The fourth-order valence-electron chi connectivity index (χ4n) is 1.56. The number of carbonyl (C=O) groups excluding carboxylic acids is 1. The maximum atomic E-state index is 12.0. The Balaban J connectivity index is 2.90. The topological polar surface area (TPSA) is 75.6 Å². The van der Waals surface area contributed by atoms with Gasteiger partial charge in [0.15, 0.2) is 4.87 Å². The highest BCUT2D eigenvalue weighted by Crippen LogP contribution is 2.42. The Labute approximate surface area is 111 Å². The standard InChI is InChI=1S/C12H19NO4S/c1-6-12(10(15)16)13-7(2)8(18-12)9(14)17-11(3,4)5/h13H,6H2,1-5H3,(H,15,16). The van der Waals surface area contributed by atoms with E-state index in [1.165, 1.54) is 0 Å². The van der Waals surface area contributed by atoms with E-state index in [1.54, 1.807) is 34.6 Å². The first-order valence-electron chi connectivity index (χ1n) is 5.76. The second-order valence-corrected chi connectivity index (χ2v) is 6.48. The maximum absolute atomic E-state index is 12.0. The first-order valence-corrected chi connectivity index (χ1v) is 6.58. The summed E-state index contributed by atoms with van der Waals surface area (Å²) in [5.74, 6) is -1.46. The SMILES string of the molecule is CCC1(C(=O)O)NC(C)=C(C(=O)OC(C)(C)C)S1. The van der Waals surface area contributed by atoms with Gasteiger partial charge in [0.25, 0.3) is 0 Å². The third-order valence-electron chi connectivity index (χ3n) is 2.43. The number of hydrogen-bond acceptors (Lipinski definition) is 5. The number of allylic oxidation sites excluding steroid dienone is 1. The molecule has 18 heavy (non-hydrogen) atoms. The summed E-state index contributed by atoms with van der Waals surface area (Å²) in [6.07, 6.45) is 0.372. The van der Waals surface area contributed by atoms with Crippen molar-refractivity contribution < 1.29 is 19.4 Å². The van der Waals surface area contributed by atoms with Crippen molar-refractivity contribution in [2.45, 2.75) is 51.5 Å². The summed E-state index contributed by atoms with van der Waals surface area (Å²) in [6, 6.07) is 0. The van der Waals surface area contributed by atoms with Gasteiger partial charge in [0, 0.05) is 5.70 Å². The fourth-order valence-corrected chi connectivity index (χ4v) is 2.68. The lowest BCUT2D eigenvalue weighted by atomic mass is 10.2. The van der Waals surface area contributed by atoms with Crippen LogP contribution in [0.3, 0.4) is 0 Å². The molecular weight excluding hydrogens is 254 g/mol. The predicted molar refractivity (Wildman–Crippen MR) is 69.9 cm³/mol. The summed E-state index contributed by atoms with van der Waals surface area (Å²) in [6.45, 7) is 8.78. The molecule has 0 aromatic rings. The molecule has 0 saturated carbocycles. The Morgan fingerprint density at radius 1 is 1.44 bits per heavy atom. The van der Waals surface area contributed by atoms with E-state index in [9.17, 15) is 14.7 Å². The minimum absolute atomic E-state index is 0.342. The van der Waals surface area contributed by atoms with Crippen molar-refractivity contribution in [3.05, 3.63) is 10.6 Å². The van der Waals surface area contributed by atoms with Gasteiger partial charge in [-0.3, -0.25) is 0 Å². The number of thioether (sulfide) groups is 1. The van der Waals surface area contributed by atoms with E-state index in [4.69, 9.17) is 4.74 Å². The molecule has 1 heterocycles. The molecule has 6 heteroatoms. The van der Waals surface area contributed by atoms with Crippen LogP contribution in [-0.4, -0.2) is 27.5 Å². The van der Waals surface area contributed by atoms with Gasteiger partial charge in [0.2, 0.25) is 0 Å². The smallest absolute Gasteiger partial charge is 0.347 e. The van der Waals surface area contributed by atoms with Gasteiger partial charge >= 0.3 is 11.9 Å². The van der Waals surface area contributed by atoms with Gasteiger partial charge in [-0.15, -0.1) is 0 Å². The number of rotatable bonds is 3. The van der Waals surface area contributed by atoms with Crippen molar-refractivity contribution in [3.8, 4) is 0 Å². The molecule has 2 N–H and O–H groups in total. The van der Waals surface area contributed by atoms with Gasteiger partial charge in [0.05, 0.1) is 0 Å². The second-order valence-electron chi connectivity index (χ2n) is 5.17. The van der Waals surface area contributed by atoms with E-state index in [2.05, 4.69) is 5.32 Å². The molecule has 1 unspecified atom stereocenters. The molecule has 0 radical (unpaired) electrons. The summed E-state index contributed by atoms with van der Waals surface area (Å²) in [5.41, 5.74) is -0.0375. The molecule has 0 aromatic carbocycles. The van der Waals surface area contributed by atoms with Crippen LogP contribution in [0.5, 0.6) is 0 Å². The lowest BCUT2D eigenvalue weighted by Crippen LogP contribution is -2.44. The summed E-state index contributed by atoms with van der Waals surface area (Å²) >= 11 is 1.02. The number of carboxylic acids is 1. The zero-order valence-corrected chi connectivity index (χ0v) is 12.1. The van der Waals surface area contributed by atoms with Gasteiger partial charge in [-0.1, -0.05) is 18.7 Å². The number of carbonyl (C=O) groups is 2. The molecule has 0 fully saturated rings.